The third kappa shape index (κ3) is 7.24. The number of hydrogen-bond acceptors (Lipinski definition) is 4. The normalized spacial score (nSPS) is 12.4. The van der Waals surface area contributed by atoms with Gasteiger partial charge in [0.1, 0.15) is 0 Å². The number of aliphatic hydroxyl groups is 1. The van der Waals surface area contributed by atoms with Crippen LogP contribution in [0.1, 0.15) is 31.4 Å². The van der Waals surface area contributed by atoms with Gasteiger partial charge in [0.15, 0.2) is 11.5 Å². The highest BCUT2D eigenvalue weighted by Crippen LogP contribution is 2.28. The van der Waals surface area contributed by atoms with Crippen LogP contribution in [0.5, 0.6) is 11.5 Å². The lowest BCUT2D eigenvalue weighted by Gasteiger charge is -2.26. The maximum atomic E-state index is 10.6. The Morgan fingerprint density at radius 3 is 2.26 bits per heavy atom. The molecule has 0 amide bonds. The van der Waals surface area contributed by atoms with Crippen molar-refractivity contribution in [1.82, 2.24) is 4.90 Å². The molecule has 0 saturated heterocycles. The number of aliphatic hydroxyl groups excluding tert-OH is 1. The van der Waals surface area contributed by atoms with Crippen LogP contribution >= 0.6 is 0 Å². The molecule has 148 valence electrons. The Kier molecular flexibility index (Phi) is 8.62. The lowest BCUT2D eigenvalue weighted by atomic mass is 10.1. The van der Waals surface area contributed by atoms with Crippen molar-refractivity contribution < 1.29 is 14.6 Å². The monoisotopic (exact) mass is 371 g/mol. The SMILES string of the molecule is COc1ccc(CN(CCC(C)C)CC(O)Cc2ccccc2)cc1OC. The molecular formula is C23H33NO3. The van der Waals surface area contributed by atoms with Crippen molar-refractivity contribution in [2.45, 2.75) is 39.3 Å². The Balaban J connectivity index is 2.04. The number of methoxy groups -OCH3 is 2. The van der Waals surface area contributed by atoms with Crippen molar-refractivity contribution in [3.8, 4) is 11.5 Å². The zero-order valence-electron chi connectivity index (χ0n) is 17.0. The van der Waals surface area contributed by atoms with E-state index in [1.54, 1.807) is 14.2 Å². The molecule has 1 atom stereocenters. The zero-order chi connectivity index (χ0) is 19.6. The minimum atomic E-state index is -0.389. The molecule has 4 nitrogen and oxygen atoms in total. The summed E-state index contributed by atoms with van der Waals surface area (Å²) in [5, 5.41) is 10.6. The molecule has 0 aliphatic rings. The van der Waals surface area contributed by atoms with E-state index in [0.29, 0.717) is 18.9 Å². The fraction of sp³-hybridized carbons (Fsp3) is 0.478. The molecule has 2 rings (SSSR count). The summed E-state index contributed by atoms with van der Waals surface area (Å²) in [5.74, 6) is 2.10. The Morgan fingerprint density at radius 1 is 0.926 bits per heavy atom. The molecule has 0 saturated carbocycles. The van der Waals surface area contributed by atoms with Gasteiger partial charge in [-0.05, 0) is 48.6 Å². The van der Waals surface area contributed by atoms with Crippen LogP contribution in [0, 0.1) is 5.92 Å². The van der Waals surface area contributed by atoms with E-state index >= 15 is 0 Å². The molecule has 1 unspecified atom stereocenters. The van der Waals surface area contributed by atoms with Crippen molar-refractivity contribution in [3.63, 3.8) is 0 Å². The van der Waals surface area contributed by atoms with E-state index in [4.69, 9.17) is 9.47 Å². The predicted octanol–water partition coefficient (Wildman–Crippen LogP) is 4.16. The van der Waals surface area contributed by atoms with Gasteiger partial charge in [0.25, 0.3) is 0 Å². The lowest BCUT2D eigenvalue weighted by molar-refractivity contribution is 0.105. The van der Waals surface area contributed by atoms with E-state index in [1.165, 1.54) is 5.56 Å². The number of rotatable bonds is 11. The van der Waals surface area contributed by atoms with Crippen molar-refractivity contribution in [2.75, 3.05) is 27.3 Å². The van der Waals surface area contributed by atoms with E-state index in [2.05, 4.69) is 36.9 Å². The first-order chi connectivity index (χ1) is 13.0. The maximum Gasteiger partial charge on any atom is 0.161 e. The third-order valence-electron chi connectivity index (χ3n) is 4.66. The van der Waals surface area contributed by atoms with Gasteiger partial charge in [-0.25, -0.2) is 0 Å². The molecule has 27 heavy (non-hydrogen) atoms. The fourth-order valence-corrected chi connectivity index (χ4v) is 3.16. The summed E-state index contributed by atoms with van der Waals surface area (Å²) < 4.78 is 10.8. The Bertz CT molecular complexity index is 673. The van der Waals surface area contributed by atoms with Gasteiger partial charge in [-0.2, -0.15) is 0 Å². The van der Waals surface area contributed by atoms with Crippen LogP contribution in [-0.2, 0) is 13.0 Å². The largest absolute Gasteiger partial charge is 0.493 e. The molecule has 0 spiro atoms. The first-order valence-corrected chi connectivity index (χ1v) is 9.67. The maximum absolute atomic E-state index is 10.6. The standard InChI is InChI=1S/C23H33NO3/c1-18(2)12-13-24(17-21(25)14-19-8-6-5-7-9-19)16-20-10-11-22(26-3)23(15-20)27-4/h5-11,15,18,21,25H,12-14,16-17H2,1-4H3. The quantitative estimate of drug-likeness (QED) is 0.644. The van der Waals surface area contributed by atoms with Crippen LogP contribution in [-0.4, -0.2) is 43.4 Å². The van der Waals surface area contributed by atoms with Crippen LogP contribution < -0.4 is 9.47 Å². The van der Waals surface area contributed by atoms with Crippen molar-refractivity contribution in [1.29, 1.82) is 0 Å². The summed E-state index contributed by atoms with van der Waals surface area (Å²) in [5.41, 5.74) is 2.32. The van der Waals surface area contributed by atoms with Gasteiger partial charge in [0.05, 0.1) is 20.3 Å². The van der Waals surface area contributed by atoms with E-state index in [0.717, 1.165) is 36.6 Å². The molecule has 1 N–H and O–H groups in total. The number of ether oxygens (including phenoxy) is 2. The Morgan fingerprint density at radius 2 is 1.63 bits per heavy atom. The molecule has 2 aromatic rings. The Labute approximate surface area is 163 Å². The van der Waals surface area contributed by atoms with Gasteiger partial charge in [-0.3, -0.25) is 4.90 Å². The van der Waals surface area contributed by atoms with Crippen molar-refractivity contribution in [3.05, 3.63) is 59.7 Å². The second-order valence-corrected chi connectivity index (χ2v) is 7.45. The van der Waals surface area contributed by atoms with Crippen LogP contribution in [0.3, 0.4) is 0 Å². The highest BCUT2D eigenvalue weighted by atomic mass is 16.5. The first kappa shape index (κ1) is 21.3. The summed E-state index contributed by atoms with van der Waals surface area (Å²) in [7, 11) is 3.30. The minimum absolute atomic E-state index is 0.389. The summed E-state index contributed by atoms with van der Waals surface area (Å²) in [6.07, 6.45) is 1.38. The van der Waals surface area contributed by atoms with Crippen LogP contribution in [0.2, 0.25) is 0 Å². The van der Waals surface area contributed by atoms with Gasteiger partial charge >= 0.3 is 0 Å². The summed E-state index contributed by atoms with van der Waals surface area (Å²) >= 11 is 0. The van der Waals surface area contributed by atoms with Gasteiger partial charge in [0, 0.05) is 13.1 Å². The molecule has 0 heterocycles. The van der Waals surface area contributed by atoms with Gasteiger partial charge < -0.3 is 14.6 Å². The minimum Gasteiger partial charge on any atom is -0.493 e. The molecule has 0 aromatic heterocycles. The molecule has 0 bridgehead atoms. The summed E-state index contributed by atoms with van der Waals surface area (Å²) in [6, 6.07) is 16.2. The predicted molar refractivity (Wildman–Crippen MR) is 110 cm³/mol. The highest BCUT2D eigenvalue weighted by Gasteiger charge is 2.15. The third-order valence-corrected chi connectivity index (χ3v) is 4.66. The van der Waals surface area contributed by atoms with Crippen LogP contribution in [0.4, 0.5) is 0 Å². The lowest BCUT2D eigenvalue weighted by Crippen LogP contribution is -2.34. The van der Waals surface area contributed by atoms with Crippen LogP contribution in [0.25, 0.3) is 0 Å². The van der Waals surface area contributed by atoms with E-state index < -0.39 is 0 Å². The van der Waals surface area contributed by atoms with E-state index in [1.807, 2.05) is 30.3 Å². The zero-order valence-corrected chi connectivity index (χ0v) is 17.0. The molecule has 0 aliphatic carbocycles. The average molecular weight is 372 g/mol. The molecule has 2 aromatic carbocycles. The topological polar surface area (TPSA) is 41.9 Å². The average Bonchev–Trinajstić information content (AvgIpc) is 2.66. The number of hydrogen-bond donors (Lipinski definition) is 1. The summed E-state index contributed by atoms with van der Waals surface area (Å²) in [6.45, 7) is 6.84. The smallest absolute Gasteiger partial charge is 0.161 e. The van der Waals surface area contributed by atoms with Gasteiger partial charge in [-0.15, -0.1) is 0 Å². The first-order valence-electron chi connectivity index (χ1n) is 9.67. The van der Waals surface area contributed by atoms with Gasteiger partial charge in [-0.1, -0.05) is 50.2 Å². The second kappa shape index (κ2) is 11.0. The molecule has 4 heteroatoms. The van der Waals surface area contributed by atoms with Crippen molar-refractivity contribution >= 4 is 0 Å². The number of benzene rings is 2. The Hall–Kier alpha value is -2.04. The molecular weight excluding hydrogens is 338 g/mol. The highest BCUT2D eigenvalue weighted by molar-refractivity contribution is 5.42. The summed E-state index contributed by atoms with van der Waals surface area (Å²) in [4.78, 5) is 2.33. The van der Waals surface area contributed by atoms with Gasteiger partial charge in [0.2, 0.25) is 0 Å². The fourth-order valence-electron chi connectivity index (χ4n) is 3.16. The van der Waals surface area contributed by atoms with Crippen LogP contribution in [0.15, 0.2) is 48.5 Å². The molecule has 0 aliphatic heterocycles. The number of nitrogens with zero attached hydrogens (tertiary/aromatic N) is 1. The second-order valence-electron chi connectivity index (χ2n) is 7.45. The molecule has 0 radical (unpaired) electrons. The van der Waals surface area contributed by atoms with E-state index in [9.17, 15) is 5.11 Å². The van der Waals surface area contributed by atoms with Crippen molar-refractivity contribution in [2.24, 2.45) is 5.92 Å². The van der Waals surface area contributed by atoms with E-state index in [-0.39, 0.29) is 6.10 Å². The molecule has 0 fully saturated rings.